The van der Waals surface area contributed by atoms with E-state index in [0.717, 1.165) is 88.9 Å². The standard InChI is InChI=1S/C68H60N4O.Pt/c1-66(2,3)51-31-27-45(28-32-51)50-42-70-71(44-50)53-37-49(65-56(46-19-12-10-13-20-46)24-18-25-57(65)47-21-14-11-15-22-47)38-55(39-53)73-54-35-36-59-58-23-16-17-26-62(58)72(63(59)40-54)64-41-61(68(7,8)9)60(43-69-64)48-29-33-52(34-30-48)67(4,5)6;/h10-38,41-44H,1-9H3;/q-2;+2. The molecule has 0 unspecified atom stereocenters. The molecule has 5 nitrogen and oxygen atoms in total. The molecule has 0 amide bonds. The maximum absolute atomic E-state index is 7.03. The number of ether oxygens (including phenoxy) is 1. The predicted molar refractivity (Wildman–Crippen MR) is 303 cm³/mol. The van der Waals surface area contributed by atoms with Crippen LogP contribution >= 0.6 is 0 Å². The van der Waals surface area contributed by atoms with Gasteiger partial charge in [-0.25, -0.2) is 4.98 Å². The Morgan fingerprint density at radius 3 is 1.64 bits per heavy atom. The second-order valence-corrected chi connectivity index (χ2v) is 22.3. The van der Waals surface area contributed by atoms with Crippen LogP contribution in [0.15, 0.2) is 201 Å². The molecule has 11 aromatic rings. The molecule has 0 saturated carbocycles. The number of rotatable bonds is 9. The number of benzene rings is 8. The van der Waals surface area contributed by atoms with Crippen LogP contribution in [0.3, 0.4) is 0 Å². The fourth-order valence-corrected chi connectivity index (χ4v) is 10.1. The van der Waals surface area contributed by atoms with E-state index in [-0.39, 0.29) is 37.3 Å². The van der Waals surface area contributed by atoms with E-state index in [4.69, 9.17) is 14.8 Å². The molecular formula is C68H60N4OPt. The Morgan fingerprint density at radius 1 is 0.446 bits per heavy atom. The molecular weight excluding hydrogens is 1080 g/mol. The van der Waals surface area contributed by atoms with Gasteiger partial charge in [-0.05, 0) is 95.1 Å². The van der Waals surface area contributed by atoms with Gasteiger partial charge in [0.25, 0.3) is 0 Å². The van der Waals surface area contributed by atoms with Crippen molar-refractivity contribution < 1.29 is 25.8 Å². The summed E-state index contributed by atoms with van der Waals surface area (Å²) in [4.78, 5) is 5.24. The SMILES string of the molecule is CC(C)(C)c1ccc(-c2cnn(-c3[c-]c(Oc4[c-]c5c(cc4)c4ccccc4n5-c4cc(C(C)(C)C)c(-c5ccc(C(C)(C)C)cc5)cn4)cc(-c4c(-c5ccccc5)cccc4-c4ccccc4)c3)c2)cc1.[Pt+2]. The molecule has 0 spiro atoms. The second kappa shape index (κ2) is 19.7. The zero-order valence-corrected chi connectivity index (χ0v) is 45.8. The summed E-state index contributed by atoms with van der Waals surface area (Å²) in [5.41, 5.74) is 17.3. The average molecular weight is 1140 g/mol. The first kappa shape index (κ1) is 50.0. The molecule has 0 bridgehead atoms. The number of hydrogen-bond donors (Lipinski definition) is 0. The number of aromatic nitrogens is 4. The van der Waals surface area contributed by atoms with Crippen molar-refractivity contribution in [3.05, 3.63) is 229 Å². The van der Waals surface area contributed by atoms with Gasteiger partial charge in [0.2, 0.25) is 0 Å². The van der Waals surface area contributed by atoms with E-state index in [2.05, 4.69) is 261 Å². The van der Waals surface area contributed by atoms with Gasteiger partial charge in [0.05, 0.1) is 6.20 Å². The Morgan fingerprint density at radius 2 is 1.03 bits per heavy atom. The van der Waals surface area contributed by atoms with Crippen molar-refractivity contribution in [1.29, 1.82) is 0 Å². The summed E-state index contributed by atoms with van der Waals surface area (Å²) in [6.45, 7) is 20.3. The number of para-hydroxylation sites is 1. The maximum atomic E-state index is 7.03. The van der Waals surface area contributed by atoms with E-state index in [1.165, 1.54) is 16.7 Å². The number of nitrogens with zero attached hydrogens (tertiary/aromatic N) is 4. The fourth-order valence-electron chi connectivity index (χ4n) is 10.1. The summed E-state index contributed by atoms with van der Waals surface area (Å²) in [5, 5.41) is 7.14. The van der Waals surface area contributed by atoms with Gasteiger partial charge < -0.3 is 9.30 Å². The summed E-state index contributed by atoms with van der Waals surface area (Å²) in [6.07, 6.45) is 6.05. The number of hydrogen-bond acceptors (Lipinski definition) is 3. The Kier molecular flexibility index (Phi) is 13.3. The van der Waals surface area contributed by atoms with Gasteiger partial charge in [0, 0.05) is 40.5 Å². The van der Waals surface area contributed by atoms with Crippen molar-refractivity contribution in [2.75, 3.05) is 0 Å². The third-order valence-electron chi connectivity index (χ3n) is 14.0. The van der Waals surface area contributed by atoms with E-state index in [9.17, 15) is 0 Å². The molecule has 0 aliphatic rings. The van der Waals surface area contributed by atoms with E-state index >= 15 is 0 Å². The largest absolute Gasteiger partial charge is 2.00 e. The van der Waals surface area contributed by atoms with Crippen LogP contribution < -0.4 is 4.74 Å². The first-order valence-electron chi connectivity index (χ1n) is 25.3. The first-order chi connectivity index (χ1) is 35.1. The summed E-state index contributed by atoms with van der Waals surface area (Å²) in [6, 6.07) is 72.1. The van der Waals surface area contributed by atoms with Crippen molar-refractivity contribution in [3.8, 4) is 78.6 Å². The van der Waals surface area contributed by atoms with E-state index in [1.807, 2.05) is 23.1 Å². The summed E-state index contributed by atoms with van der Waals surface area (Å²) >= 11 is 0. The average Bonchev–Trinajstić information content (AvgIpc) is 4.02. The summed E-state index contributed by atoms with van der Waals surface area (Å²) in [5.74, 6) is 1.92. The van der Waals surface area contributed by atoms with Crippen LogP contribution in [0.2, 0.25) is 0 Å². The quantitative estimate of drug-likeness (QED) is 0.135. The Balaban J connectivity index is 0.00000626. The van der Waals surface area contributed by atoms with Gasteiger partial charge in [-0.15, -0.1) is 41.3 Å². The zero-order chi connectivity index (χ0) is 50.6. The van der Waals surface area contributed by atoms with E-state index < -0.39 is 0 Å². The first-order valence-corrected chi connectivity index (χ1v) is 25.3. The molecule has 0 radical (unpaired) electrons. The molecule has 11 rings (SSSR count). The molecule has 368 valence electrons. The molecule has 0 aliphatic carbocycles. The van der Waals surface area contributed by atoms with Gasteiger partial charge in [-0.3, -0.25) is 4.68 Å². The summed E-state index contributed by atoms with van der Waals surface area (Å²) in [7, 11) is 0. The molecule has 8 aromatic carbocycles. The van der Waals surface area contributed by atoms with Crippen molar-refractivity contribution in [1.82, 2.24) is 19.3 Å². The van der Waals surface area contributed by atoms with Crippen LogP contribution in [0.25, 0.3) is 88.9 Å². The Hall–Kier alpha value is -7.59. The zero-order valence-electron chi connectivity index (χ0n) is 43.6. The van der Waals surface area contributed by atoms with Crippen molar-refractivity contribution in [3.63, 3.8) is 0 Å². The normalized spacial score (nSPS) is 12.0. The molecule has 6 heteroatoms. The number of fused-ring (bicyclic) bond motifs is 3. The fraction of sp³-hybridized carbons (Fsp3) is 0.176. The van der Waals surface area contributed by atoms with Crippen molar-refractivity contribution in [2.24, 2.45) is 0 Å². The second-order valence-electron chi connectivity index (χ2n) is 22.3. The molecule has 74 heavy (non-hydrogen) atoms. The van der Waals surface area contributed by atoms with Gasteiger partial charge >= 0.3 is 21.1 Å². The molecule has 0 N–H and O–H groups in total. The molecule has 3 heterocycles. The molecule has 0 aliphatic heterocycles. The topological polar surface area (TPSA) is 44.9 Å². The van der Waals surface area contributed by atoms with Gasteiger partial charge in [0.1, 0.15) is 5.82 Å². The van der Waals surface area contributed by atoms with Crippen LogP contribution in [-0.4, -0.2) is 19.3 Å². The minimum absolute atomic E-state index is 0. The monoisotopic (exact) mass is 1140 g/mol. The maximum Gasteiger partial charge on any atom is 2.00 e. The van der Waals surface area contributed by atoms with E-state index in [1.54, 1.807) is 0 Å². The van der Waals surface area contributed by atoms with Crippen LogP contribution in [-0.2, 0) is 37.3 Å². The number of pyridine rings is 1. The smallest absolute Gasteiger partial charge is 0.509 e. The minimum Gasteiger partial charge on any atom is -0.509 e. The van der Waals surface area contributed by atoms with E-state index in [0.29, 0.717) is 11.5 Å². The third kappa shape index (κ3) is 9.82. The van der Waals surface area contributed by atoms with Crippen LogP contribution in [0.4, 0.5) is 0 Å². The molecule has 0 atom stereocenters. The van der Waals surface area contributed by atoms with Crippen molar-refractivity contribution in [2.45, 2.75) is 78.6 Å². The summed E-state index contributed by atoms with van der Waals surface area (Å²) < 4.78 is 11.2. The van der Waals surface area contributed by atoms with Crippen LogP contribution in [0.5, 0.6) is 11.5 Å². The van der Waals surface area contributed by atoms with Gasteiger partial charge in [-0.1, -0.05) is 213 Å². The Bertz CT molecular complexity index is 3730. The van der Waals surface area contributed by atoms with Crippen molar-refractivity contribution >= 4 is 21.8 Å². The van der Waals surface area contributed by atoms with Gasteiger partial charge in [0.15, 0.2) is 0 Å². The predicted octanol–water partition coefficient (Wildman–Crippen LogP) is 18.0. The Labute approximate surface area is 450 Å². The molecule has 0 fully saturated rings. The minimum atomic E-state index is -0.170. The molecule has 0 saturated heterocycles. The third-order valence-corrected chi connectivity index (χ3v) is 14.0. The van der Waals surface area contributed by atoms with Gasteiger partial charge in [-0.2, -0.15) is 11.2 Å². The van der Waals surface area contributed by atoms with Crippen LogP contribution in [0, 0.1) is 12.1 Å². The molecule has 3 aromatic heterocycles. The van der Waals surface area contributed by atoms with Crippen LogP contribution in [0.1, 0.15) is 79.0 Å².